The van der Waals surface area contributed by atoms with E-state index in [4.69, 9.17) is 5.11 Å². The van der Waals surface area contributed by atoms with Crippen LogP contribution < -0.4 is 0 Å². The van der Waals surface area contributed by atoms with Gasteiger partial charge in [0.15, 0.2) is 0 Å². The molecule has 5 aliphatic rings. The zero-order valence-electron chi connectivity index (χ0n) is 21.1. The first kappa shape index (κ1) is 22.9. The lowest BCUT2D eigenvalue weighted by atomic mass is 9.46. The van der Waals surface area contributed by atoms with E-state index in [9.17, 15) is 9.90 Å². The second-order valence-corrected chi connectivity index (χ2v) is 13.6. The average Bonchev–Trinajstić information content (AvgIpc) is 3.27. The summed E-state index contributed by atoms with van der Waals surface area (Å²) in [5, 5.41) is 19.9. The predicted molar refractivity (Wildman–Crippen MR) is 128 cm³/mol. The van der Waals surface area contributed by atoms with Crippen LogP contribution in [0.2, 0.25) is 0 Å². The normalized spacial score (nSPS) is 49.9. The molecule has 9 atom stereocenters. The van der Waals surface area contributed by atoms with Crippen molar-refractivity contribution >= 4 is 5.97 Å². The van der Waals surface area contributed by atoms with E-state index >= 15 is 0 Å². The van der Waals surface area contributed by atoms with E-state index in [1.807, 2.05) is 6.08 Å². The van der Waals surface area contributed by atoms with Gasteiger partial charge in [0.1, 0.15) is 0 Å². The van der Waals surface area contributed by atoms with E-state index in [0.29, 0.717) is 27.7 Å². The lowest BCUT2D eigenvalue weighted by molar-refractivity contribution is -0.133. The van der Waals surface area contributed by atoms with E-state index in [0.717, 1.165) is 42.9 Å². The lowest BCUT2D eigenvalue weighted by Gasteiger charge is -2.59. The maximum absolute atomic E-state index is 11.1. The number of aliphatic carboxylic acids is 1. The van der Waals surface area contributed by atoms with E-state index < -0.39 is 5.97 Å². The number of carbonyl (C=O) groups is 1. The molecule has 5 aliphatic carbocycles. The van der Waals surface area contributed by atoms with Crippen LogP contribution in [-0.2, 0) is 4.79 Å². The molecule has 180 valence electrons. The molecule has 32 heavy (non-hydrogen) atoms. The van der Waals surface area contributed by atoms with Crippen LogP contribution in [0.4, 0.5) is 0 Å². The summed E-state index contributed by atoms with van der Waals surface area (Å²) in [5.74, 6) is 3.20. The Balaban J connectivity index is 1.32. The molecule has 2 N–H and O–H groups in total. The van der Waals surface area contributed by atoms with Crippen LogP contribution >= 0.6 is 0 Å². The first-order valence-electron chi connectivity index (χ1n) is 13.6. The number of hydrogen-bond acceptors (Lipinski definition) is 2. The molecule has 5 rings (SSSR count). The Kier molecular flexibility index (Phi) is 5.26. The van der Waals surface area contributed by atoms with Crippen molar-refractivity contribution in [2.75, 3.05) is 0 Å². The molecule has 0 saturated heterocycles. The molecule has 3 nitrogen and oxygen atoms in total. The number of aliphatic hydroxyl groups excluding tert-OH is 1. The van der Waals surface area contributed by atoms with E-state index in [1.165, 1.54) is 51.4 Å². The molecular weight excluding hydrogens is 396 g/mol. The first-order chi connectivity index (χ1) is 15.0. The monoisotopic (exact) mass is 442 g/mol. The summed E-state index contributed by atoms with van der Waals surface area (Å²) in [6, 6.07) is 0. The highest BCUT2D eigenvalue weighted by Gasteiger charge is 2.80. The van der Waals surface area contributed by atoms with Crippen LogP contribution in [0, 0.1) is 51.2 Å². The van der Waals surface area contributed by atoms with Gasteiger partial charge in [0.05, 0.1) is 6.10 Å². The van der Waals surface area contributed by atoms with Crippen LogP contribution in [-0.4, -0.2) is 22.3 Å². The number of rotatable bonds is 5. The molecule has 0 bridgehead atoms. The lowest BCUT2D eigenvalue weighted by Crippen LogP contribution is -2.54. The standard InChI is InChI=1S/C29H46O3/c1-18(7-6-8-19(2)25(31)32)20-9-10-21-22-11-12-23-26(3,4)24(30)13-14-29(23)17-28(22,29)16-15-27(20,21)5/h8,18,20-24,30H,6-7,9-17H2,1-5H3,(H,31,32)/b19-8+/t18-,20-,21+,22+,23-,24+,27-,28+,29-/m1/s1. The summed E-state index contributed by atoms with van der Waals surface area (Å²) in [6.07, 6.45) is 15.9. The van der Waals surface area contributed by atoms with Gasteiger partial charge in [0.25, 0.3) is 0 Å². The molecule has 0 aromatic carbocycles. The van der Waals surface area contributed by atoms with Crippen molar-refractivity contribution in [3.05, 3.63) is 11.6 Å². The Hall–Kier alpha value is -0.830. The largest absolute Gasteiger partial charge is 0.478 e. The maximum atomic E-state index is 11.1. The van der Waals surface area contributed by atoms with Gasteiger partial charge >= 0.3 is 5.97 Å². The Bertz CT molecular complexity index is 813. The second kappa shape index (κ2) is 7.33. The topological polar surface area (TPSA) is 57.5 Å². The Morgan fingerprint density at radius 2 is 1.72 bits per heavy atom. The van der Waals surface area contributed by atoms with Crippen LogP contribution in [0.15, 0.2) is 11.6 Å². The molecule has 3 heteroatoms. The molecule has 0 heterocycles. The van der Waals surface area contributed by atoms with E-state index in [2.05, 4.69) is 27.7 Å². The minimum atomic E-state index is -0.782. The molecule has 5 saturated carbocycles. The van der Waals surface area contributed by atoms with Crippen molar-refractivity contribution in [2.24, 2.45) is 51.2 Å². The van der Waals surface area contributed by atoms with Gasteiger partial charge in [0, 0.05) is 5.57 Å². The molecular formula is C29H46O3. The second-order valence-electron chi connectivity index (χ2n) is 13.6. The van der Waals surface area contributed by atoms with Gasteiger partial charge in [-0.1, -0.05) is 33.8 Å². The Labute approximate surface area is 195 Å². The SMILES string of the molecule is C/C(=C\CC[C@@H](C)[C@H]1CC[C@H]2[C@@H]3CC[C@@H]4C(C)(C)[C@@H](O)CC[C@@]45C[C@@]35CC[C@]12C)C(=O)O. The summed E-state index contributed by atoms with van der Waals surface area (Å²) in [4.78, 5) is 11.1. The van der Waals surface area contributed by atoms with Crippen molar-refractivity contribution in [1.82, 2.24) is 0 Å². The molecule has 2 spiro atoms. The van der Waals surface area contributed by atoms with E-state index in [-0.39, 0.29) is 11.5 Å². The maximum Gasteiger partial charge on any atom is 0.330 e. The first-order valence-corrected chi connectivity index (χ1v) is 13.6. The highest BCUT2D eigenvalue weighted by molar-refractivity contribution is 5.85. The third-order valence-corrected chi connectivity index (χ3v) is 12.4. The van der Waals surface area contributed by atoms with Crippen LogP contribution in [0.25, 0.3) is 0 Å². The van der Waals surface area contributed by atoms with Crippen molar-refractivity contribution in [1.29, 1.82) is 0 Å². The van der Waals surface area contributed by atoms with Crippen LogP contribution in [0.5, 0.6) is 0 Å². The zero-order valence-corrected chi connectivity index (χ0v) is 21.1. The van der Waals surface area contributed by atoms with Crippen molar-refractivity contribution in [3.8, 4) is 0 Å². The summed E-state index contributed by atoms with van der Waals surface area (Å²) < 4.78 is 0. The summed E-state index contributed by atoms with van der Waals surface area (Å²) in [5.41, 5.74) is 2.19. The minimum Gasteiger partial charge on any atom is -0.478 e. The van der Waals surface area contributed by atoms with Gasteiger partial charge in [-0.3, -0.25) is 0 Å². The predicted octanol–water partition coefficient (Wildman–Crippen LogP) is 6.84. The fourth-order valence-corrected chi connectivity index (χ4v) is 10.7. The van der Waals surface area contributed by atoms with Crippen LogP contribution in [0.3, 0.4) is 0 Å². The molecule has 0 aliphatic heterocycles. The van der Waals surface area contributed by atoms with Crippen molar-refractivity contribution in [3.63, 3.8) is 0 Å². The number of carboxylic acids is 1. The highest BCUT2D eigenvalue weighted by atomic mass is 16.4. The molecule has 0 unspecified atom stereocenters. The fourth-order valence-electron chi connectivity index (χ4n) is 10.7. The van der Waals surface area contributed by atoms with Gasteiger partial charge in [-0.05, 0) is 129 Å². The third-order valence-electron chi connectivity index (χ3n) is 12.4. The number of carboxylic acid groups (broad SMARTS) is 1. The number of allylic oxidation sites excluding steroid dienone is 1. The average molecular weight is 443 g/mol. The van der Waals surface area contributed by atoms with Gasteiger partial charge in [-0.25, -0.2) is 4.79 Å². The minimum absolute atomic E-state index is 0.0851. The van der Waals surface area contributed by atoms with E-state index in [1.54, 1.807) is 6.92 Å². The molecule has 0 amide bonds. The van der Waals surface area contributed by atoms with Gasteiger partial charge < -0.3 is 10.2 Å². The fraction of sp³-hybridized carbons (Fsp3) is 0.897. The summed E-state index contributed by atoms with van der Waals surface area (Å²) >= 11 is 0. The number of aliphatic hydroxyl groups is 1. The molecule has 5 fully saturated rings. The number of fused-ring (bicyclic) bond motifs is 2. The molecule has 0 radical (unpaired) electrons. The van der Waals surface area contributed by atoms with Gasteiger partial charge in [-0.15, -0.1) is 0 Å². The summed E-state index contributed by atoms with van der Waals surface area (Å²) in [6.45, 7) is 11.5. The smallest absolute Gasteiger partial charge is 0.330 e. The third kappa shape index (κ3) is 2.91. The molecule has 0 aromatic rings. The van der Waals surface area contributed by atoms with Gasteiger partial charge in [0.2, 0.25) is 0 Å². The van der Waals surface area contributed by atoms with Gasteiger partial charge in [-0.2, -0.15) is 0 Å². The van der Waals surface area contributed by atoms with Crippen molar-refractivity contribution < 1.29 is 15.0 Å². The molecule has 0 aromatic heterocycles. The quantitative estimate of drug-likeness (QED) is 0.458. The Morgan fingerprint density at radius 3 is 2.44 bits per heavy atom. The Morgan fingerprint density at radius 1 is 1.00 bits per heavy atom. The zero-order chi connectivity index (χ0) is 23.1. The van der Waals surface area contributed by atoms with Crippen molar-refractivity contribution in [2.45, 2.75) is 111 Å². The highest BCUT2D eigenvalue weighted by Crippen LogP contribution is 2.87. The summed E-state index contributed by atoms with van der Waals surface area (Å²) in [7, 11) is 0. The number of hydrogen-bond donors (Lipinski definition) is 2. The van der Waals surface area contributed by atoms with Crippen LogP contribution in [0.1, 0.15) is 105 Å².